The van der Waals surface area contributed by atoms with E-state index < -0.39 is 0 Å². The molecule has 20 heavy (non-hydrogen) atoms. The third kappa shape index (κ3) is 4.61. The molecule has 0 spiro atoms. The lowest BCUT2D eigenvalue weighted by Gasteiger charge is -2.25. The molecule has 0 amide bonds. The molecule has 1 aromatic rings. The van der Waals surface area contributed by atoms with Crippen molar-refractivity contribution >= 4 is 15.7 Å². The van der Waals surface area contributed by atoms with Crippen molar-refractivity contribution in [2.24, 2.45) is 5.16 Å². The molecule has 0 unspecified atom stereocenters. The molecule has 0 aliphatic carbocycles. The van der Waals surface area contributed by atoms with Crippen LogP contribution in [0.25, 0.3) is 0 Å². The minimum atomic E-state index is 0.0454. The Morgan fingerprint density at radius 1 is 1.30 bits per heavy atom. The Morgan fingerprint density at radius 3 is 2.85 bits per heavy atom. The van der Waals surface area contributed by atoms with Crippen LogP contribution in [0.2, 0.25) is 12.1 Å². The summed E-state index contributed by atoms with van der Waals surface area (Å²) in [7, 11) is 0.285. The Bertz CT molecular complexity index is 448. The lowest BCUT2D eigenvalue weighted by molar-refractivity contribution is 0.287. The number of rotatable bonds is 6. The standard InChI is InChI=1S/C14H23N3O2Si/c18-14-5-4-12(16-13(14)11-15-19)3-1-2-6-17-7-9-20-10-8-17/h4-5,11,18-19H,1-3,6-10,20H2/b15-11+. The molecule has 1 saturated heterocycles. The van der Waals surface area contributed by atoms with Crippen LogP contribution in [-0.4, -0.2) is 55.6 Å². The molecule has 1 aliphatic rings. The average molecular weight is 293 g/mol. The first-order chi connectivity index (χ1) is 9.79. The lowest BCUT2D eigenvalue weighted by Crippen LogP contribution is -2.32. The van der Waals surface area contributed by atoms with Crippen LogP contribution in [0.4, 0.5) is 0 Å². The van der Waals surface area contributed by atoms with Crippen LogP contribution in [0.5, 0.6) is 5.75 Å². The third-order valence-electron chi connectivity index (χ3n) is 3.75. The quantitative estimate of drug-likeness (QED) is 0.272. The smallest absolute Gasteiger partial charge is 0.142 e. The zero-order valence-electron chi connectivity index (χ0n) is 11.8. The number of pyridine rings is 1. The molecule has 0 aromatic carbocycles. The molecule has 0 saturated carbocycles. The molecule has 110 valence electrons. The maximum atomic E-state index is 9.54. The van der Waals surface area contributed by atoms with Gasteiger partial charge in [-0.3, -0.25) is 0 Å². The SMILES string of the molecule is O/N=C/c1nc(CCCCN2CC[SiH2]CC2)ccc1O. The van der Waals surface area contributed by atoms with E-state index in [-0.39, 0.29) is 15.3 Å². The van der Waals surface area contributed by atoms with Gasteiger partial charge in [0.05, 0.1) is 6.21 Å². The van der Waals surface area contributed by atoms with Gasteiger partial charge >= 0.3 is 0 Å². The molecule has 2 N–H and O–H groups in total. The van der Waals surface area contributed by atoms with Gasteiger partial charge in [-0.15, -0.1) is 0 Å². The summed E-state index contributed by atoms with van der Waals surface area (Å²) in [6.45, 7) is 3.80. The van der Waals surface area contributed by atoms with Crippen LogP contribution in [0.3, 0.4) is 0 Å². The summed E-state index contributed by atoms with van der Waals surface area (Å²) in [5, 5.41) is 21.0. The molecule has 1 aromatic heterocycles. The summed E-state index contributed by atoms with van der Waals surface area (Å²) in [4.78, 5) is 6.85. The van der Waals surface area contributed by atoms with E-state index in [9.17, 15) is 5.11 Å². The van der Waals surface area contributed by atoms with Crippen molar-refractivity contribution in [2.75, 3.05) is 19.6 Å². The lowest BCUT2D eigenvalue weighted by atomic mass is 10.1. The Morgan fingerprint density at radius 2 is 2.10 bits per heavy atom. The number of hydrogen-bond acceptors (Lipinski definition) is 5. The molecule has 2 rings (SSSR count). The van der Waals surface area contributed by atoms with Crippen molar-refractivity contribution < 1.29 is 10.3 Å². The predicted molar refractivity (Wildman–Crippen MR) is 82.8 cm³/mol. The maximum absolute atomic E-state index is 9.54. The van der Waals surface area contributed by atoms with Crippen LogP contribution in [0, 0.1) is 0 Å². The molecular formula is C14H23N3O2Si. The first-order valence-electron chi connectivity index (χ1n) is 7.38. The zero-order valence-corrected chi connectivity index (χ0v) is 13.2. The maximum Gasteiger partial charge on any atom is 0.142 e. The van der Waals surface area contributed by atoms with Crippen molar-refractivity contribution in [1.29, 1.82) is 0 Å². The normalized spacial score (nSPS) is 16.8. The number of aromatic nitrogens is 1. The topological polar surface area (TPSA) is 69.0 Å². The fourth-order valence-electron chi connectivity index (χ4n) is 2.62. The van der Waals surface area contributed by atoms with Crippen molar-refractivity contribution in [1.82, 2.24) is 9.88 Å². The molecule has 2 heterocycles. The second-order valence-corrected chi connectivity index (χ2v) is 7.43. The fourth-order valence-corrected chi connectivity index (χ4v) is 4.32. The van der Waals surface area contributed by atoms with Gasteiger partial charge in [-0.25, -0.2) is 4.98 Å². The summed E-state index contributed by atoms with van der Waals surface area (Å²) in [6.07, 6.45) is 4.35. The Hall–Kier alpha value is -1.40. The summed E-state index contributed by atoms with van der Waals surface area (Å²) in [5.41, 5.74) is 1.26. The van der Waals surface area contributed by atoms with Gasteiger partial charge in [-0.1, -0.05) is 17.2 Å². The van der Waals surface area contributed by atoms with Crippen LogP contribution < -0.4 is 0 Å². The van der Waals surface area contributed by atoms with E-state index in [1.54, 1.807) is 6.07 Å². The van der Waals surface area contributed by atoms with E-state index in [2.05, 4.69) is 15.0 Å². The van der Waals surface area contributed by atoms with Crippen LogP contribution >= 0.6 is 0 Å². The first kappa shape index (κ1) is 15.0. The van der Waals surface area contributed by atoms with E-state index >= 15 is 0 Å². The van der Waals surface area contributed by atoms with Gasteiger partial charge in [0.2, 0.25) is 0 Å². The van der Waals surface area contributed by atoms with Gasteiger partial charge in [-0.2, -0.15) is 0 Å². The Labute approximate surface area is 122 Å². The summed E-state index contributed by atoms with van der Waals surface area (Å²) >= 11 is 0. The van der Waals surface area contributed by atoms with E-state index in [1.807, 2.05) is 6.07 Å². The highest BCUT2D eigenvalue weighted by Gasteiger charge is 2.09. The first-order valence-corrected chi connectivity index (χ1v) is 9.38. The highest BCUT2D eigenvalue weighted by Crippen LogP contribution is 2.14. The van der Waals surface area contributed by atoms with E-state index in [0.29, 0.717) is 5.69 Å². The summed E-state index contributed by atoms with van der Waals surface area (Å²) in [5.74, 6) is 0.0454. The molecule has 6 heteroatoms. The summed E-state index contributed by atoms with van der Waals surface area (Å²) in [6, 6.07) is 6.39. The van der Waals surface area contributed by atoms with Gasteiger partial charge in [0.15, 0.2) is 0 Å². The van der Waals surface area contributed by atoms with Gasteiger partial charge in [0.25, 0.3) is 0 Å². The highest BCUT2D eigenvalue weighted by atomic mass is 28.2. The number of unbranched alkanes of at least 4 members (excludes halogenated alkanes) is 1. The number of hydrogen-bond donors (Lipinski definition) is 2. The second-order valence-electron chi connectivity index (χ2n) is 5.31. The number of nitrogens with zero attached hydrogens (tertiary/aromatic N) is 3. The minimum Gasteiger partial charge on any atom is -0.506 e. The largest absolute Gasteiger partial charge is 0.506 e. The predicted octanol–water partition coefficient (Wildman–Crippen LogP) is 1.24. The van der Waals surface area contributed by atoms with Crippen LogP contribution in [0.1, 0.15) is 24.2 Å². The van der Waals surface area contributed by atoms with Crippen LogP contribution in [-0.2, 0) is 6.42 Å². The van der Waals surface area contributed by atoms with Crippen molar-refractivity contribution in [2.45, 2.75) is 31.4 Å². The molecule has 0 bridgehead atoms. The van der Waals surface area contributed by atoms with Gasteiger partial charge in [-0.05, 0) is 51.0 Å². The highest BCUT2D eigenvalue weighted by molar-refractivity contribution is 6.35. The number of oxime groups is 1. The number of aryl methyl sites for hydroxylation is 1. The fraction of sp³-hybridized carbons (Fsp3) is 0.571. The van der Waals surface area contributed by atoms with Crippen molar-refractivity contribution in [3.05, 3.63) is 23.5 Å². The minimum absolute atomic E-state index is 0.0454. The molecule has 1 aliphatic heterocycles. The van der Waals surface area contributed by atoms with Crippen molar-refractivity contribution in [3.63, 3.8) is 0 Å². The van der Waals surface area contributed by atoms with Gasteiger partial charge in [0, 0.05) is 15.2 Å². The molecular weight excluding hydrogens is 270 g/mol. The number of aromatic hydroxyl groups is 1. The third-order valence-corrected chi connectivity index (χ3v) is 5.38. The van der Waals surface area contributed by atoms with Gasteiger partial charge < -0.3 is 15.2 Å². The molecule has 0 radical (unpaired) electrons. The van der Waals surface area contributed by atoms with E-state index in [1.165, 1.54) is 38.1 Å². The molecule has 5 nitrogen and oxygen atoms in total. The van der Waals surface area contributed by atoms with E-state index in [0.717, 1.165) is 24.8 Å². The summed E-state index contributed by atoms with van der Waals surface area (Å²) < 4.78 is 0. The monoisotopic (exact) mass is 293 g/mol. The Balaban J connectivity index is 1.74. The molecule has 1 fully saturated rings. The zero-order chi connectivity index (χ0) is 14.2. The second kappa shape index (κ2) is 8.01. The van der Waals surface area contributed by atoms with Gasteiger partial charge in [0.1, 0.15) is 11.4 Å². The van der Waals surface area contributed by atoms with Crippen molar-refractivity contribution in [3.8, 4) is 5.75 Å². The molecule has 0 atom stereocenters. The van der Waals surface area contributed by atoms with E-state index in [4.69, 9.17) is 5.21 Å². The average Bonchev–Trinajstić information content (AvgIpc) is 2.48. The Kier molecular flexibility index (Phi) is 6.01. The van der Waals surface area contributed by atoms with Crippen LogP contribution in [0.15, 0.2) is 17.3 Å².